The van der Waals surface area contributed by atoms with Gasteiger partial charge in [0, 0.05) is 11.3 Å². The van der Waals surface area contributed by atoms with Crippen molar-refractivity contribution in [1.29, 1.82) is 0 Å². The van der Waals surface area contributed by atoms with Gasteiger partial charge in [0.15, 0.2) is 0 Å². The summed E-state index contributed by atoms with van der Waals surface area (Å²) in [5.41, 5.74) is 3.23. The summed E-state index contributed by atoms with van der Waals surface area (Å²) < 4.78 is 11.5. The van der Waals surface area contributed by atoms with Crippen molar-refractivity contribution in [1.82, 2.24) is 10.1 Å². The molecule has 4 rings (SSSR count). The molecule has 0 atom stereocenters. The monoisotopic (exact) mass is 369 g/mol. The van der Waals surface area contributed by atoms with Gasteiger partial charge in [0.1, 0.15) is 10.1 Å². The normalized spacial score (nSPS) is 13.2. The third-order valence-corrected chi connectivity index (χ3v) is 5.92. The highest BCUT2D eigenvalue weighted by Crippen LogP contribution is 2.35. The molecule has 0 radical (unpaired) electrons. The molecule has 0 N–H and O–H groups in total. The van der Waals surface area contributed by atoms with Gasteiger partial charge in [-0.05, 0) is 35.9 Å². The van der Waals surface area contributed by atoms with Gasteiger partial charge in [-0.3, -0.25) is 0 Å². The fourth-order valence-corrected chi connectivity index (χ4v) is 4.28. The smallest absolute Gasteiger partial charge is 0.237 e. The zero-order valence-corrected chi connectivity index (χ0v) is 15.1. The van der Waals surface area contributed by atoms with Crippen molar-refractivity contribution in [3.05, 3.63) is 60.0 Å². The molecule has 0 bridgehead atoms. The van der Waals surface area contributed by atoms with E-state index in [9.17, 15) is 0 Å². The van der Waals surface area contributed by atoms with Crippen LogP contribution in [0.1, 0.15) is 11.5 Å². The largest absolute Gasteiger partial charge is 0.497 e. The summed E-state index contributed by atoms with van der Waals surface area (Å²) in [4.78, 5) is 9.14. The van der Waals surface area contributed by atoms with Crippen molar-refractivity contribution < 1.29 is 9.26 Å². The van der Waals surface area contributed by atoms with E-state index in [0.717, 1.165) is 27.1 Å². The highest BCUT2D eigenvalue weighted by atomic mass is 32.2. The summed E-state index contributed by atoms with van der Waals surface area (Å²) in [5, 5.41) is 4.05. The second-order valence-electron chi connectivity index (χ2n) is 5.32. The number of hydrogen-bond acceptors (Lipinski definition) is 7. The highest BCUT2D eigenvalue weighted by Gasteiger charge is 2.15. The Morgan fingerprint density at radius 1 is 1.16 bits per heavy atom. The molecule has 0 aliphatic carbocycles. The van der Waals surface area contributed by atoms with Gasteiger partial charge in [-0.2, -0.15) is 4.98 Å². The van der Waals surface area contributed by atoms with Crippen LogP contribution in [0.15, 0.2) is 58.0 Å². The molecule has 25 heavy (non-hydrogen) atoms. The number of thioether (sulfide) groups is 2. The molecule has 1 aliphatic rings. The van der Waals surface area contributed by atoms with E-state index in [4.69, 9.17) is 9.26 Å². The van der Waals surface area contributed by atoms with Gasteiger partial charge in [-0.25, -0.2) is 4.99 Å². The van der Waals surface area contributed by atoms with Crippen LogP contribution in [-0.2, 0) is 11.5 Å². The summed E-state index contributed by atoms with van der Waals surface area (Å²) >= 11 is 3.37. The SMILES string of the molecule is COc1ccc(-c2noc(CSC3=Nc4ccccc4CS3)n2)cc1. The van der Waals surface area contributed by atoms with E-state index in [0.29, 0.717) is 17.5 Å². The topological polar surface area (TPSA) is 60.5 Å². The Morgan fingerprint density at radius 2 is 2.00 bits per heavy atom. The molecule has 0 fully saturated rings. The third-order valence-electron chi connectivity index (χ3n) is 3.69. The average Bonchev–Trinajstić information content (AvgIpc) is 3.15. The van der Waals surface area contributed by atoms with E-state index in [1.54, 1.807) is 30.6 Å². The average molecular weight is 369 g/mol. The number of ether oxygens (including phenoxy) is 1. The van der Waals surface area contributed by atoms with Crippen LogP contribution >= 0.6 is 23.5 Å². The van der Waals surface area contributed by atoms with Crippen LogP contribution in [0.4, 0.5) is 5.69 Å². The van der Waals surface area contributed by atoms with Gasteiger partial charge >= 0.3 is 0 Å². The van der Waals surface area contributed by atoms with Crippen molar-refractivity contribution in [2.75, 3.05) is 7.11 Å². The highest BCUT2D eigenvalue weighted by molar-refractivity contribution is 8.38. The number of benzene rings is 2. The van der Waals surface area contributed by atoms with Crippen LogP contribution in [0, 0.1) is 0 Å². The molecule has 2 aromatic carbocycles. The van der Waals surface area contributed by atoms with E-state index in [2.05, 4.69) is 21.2 Å². The Bertz CT molecular complexity index is 907. The minimum Gasteiger partial charge on any atom is -0.497 e. The summed E-state index contributed by atoms with van der Waals surface area (Å²) in [6, 6.07) is 15.8. The third kappa shape index (κ3) is 3.72. The Balaban J connectivity index is 1.42. The molecule has 0 unspecified atom stereocenters. The lowest BCUT2D eigenvalue weighted by atomic mass is 10.2. The number of fused-ring (bicyclic) bond motifs is 1. The number of aliphatic imine (C=N–C) groups is 1. The number of aromatic nitrogens is 2. The molecule has 1 aliphatic heterocycles. The Labute approximate surface area is 153 Å². The fourth-order valence-electron chi connectivity index (χ4n) is 2.38. The molecule has 5 nitrogen and oxygen atoms in total. The number of methoxy groups -OCH3 is 1. The molecule has 0 saturated heterocycles. The Hall–Kier alpha value is -2.25. The van der Waals surface area contributed by atoms with E-state index in [1.807, 2.05) is 42.5 Å². The van der Waals surface area contributed by atoms with Crippen LogP contribution in [0.2, 0.25) is 0 Å². The van der Waals surface area contributed by atoms with E-state index >= 15 is 0 Å². The van der Waals surface area contributed by atoms with Crippen LogP contribution in [0.5, 0.6) is 5.75 Å². The molecule has 2 heterocycles. The molecule has 1 aromatic heterocycles. The number of nitrogens with zero attached hydrogens (tertiary/aromatic N) is 3. The molecular weight excluding hydrogens is 354 g/mol. The first-order valence-electron chi connectivity index (χ1n) is 7.71. The maximum atomic E-state index is 5.36. The van der Waals surface area contributed by atoms with E-state index in [1.165, 1.54) is 5.56 Å². The summed E-state index contributed by atoms with van der Waals surface area (Å²) in [6.07, 6.45) is 0. The molecule has 0 amide bonds. The number of hydrogen-bond donors (Lipinski definition) is 0. The lowest BCUT2D eigenvalue weighted by molar-refractivity contribution is 0.392. The van der Waals surface area contributed by atoms with Crippen molar-refractivity contribution in [3.63, 3.8) is 0 Å². The second-order valence-corrected chi connectivity index (χ2v) is 7.51. The lowest BCUT2D eigenvalue weighted by Crippen LogP contribution is -1.96. The molecule has 3 aromatic rings. The van der Waals surface area contributed by atoms with Crippen molar-refractivity contribution in [2.45, 2.75) is 11.5 Å². The fraction of sp³-hybridized carbons (Fsp3) is 0.167. The maximum Gasteiger partial charge on any atom is 0.237 e. The van der Waals surface area contributed by atoms with Crippen LogP contribution in [-0.4, -0.2) is 21.6 Å². The minimum atomic E-state index is 0.585. The lowest BCUT2D eigenvalue weighted by Gasteiger charge is -2.13. The van der Waals surface area contributed by atoms with Gasteiger partial charge in [0.05, 0.1) is 18.6 Å². The van der Waals surface area contributed by atoms with Gasteiger partial charge in [0.2, 0.25) is 11.7 Å². The molecular formula is C18H15N3O2S2. The van der Waals surface area contributed by atoms with Crippen molar-refractivity contribution in [2.24, 2.45) is 4.99 Å². The summed E-state index contributed by atoms with van der Waals surface area (Å²) in [7, 11) is 1.64. The first-order chi connectivity index (χ1) is 12.3. The predicted octanol–water partition coefficient (Wildman–Crippen LogP) is 4.91. The van der Waals surface area contributed by atoms with Crippen molar-refractivity contribution >= 4 is 33.6 Å². The van der Waals surface area contributed by atoms with E-state index < -0.39 is 0 Å². The van der Waals surface area contributed by atoms with Crippen LogP contribution in [0.25, 0.3) is 11.4 Å². The molecule has 7 heteroatoms. The van der Waals surface area contributed by atoms with E-state index in [-0.39, 0.29) is 0 Å². The molecule has 0 spiro atoms. The van der Waals surface area contributed by atoms with Crippen molar-refractivity contribution in [3.8, 4) is 17.1 Å². The predicted molar refractivity (Wildman–Crippen MR) is 102 cm³/mol. The van der Waals surface area contributed by atoms with Gasteiger partial charge in [-0.15, -0.1) is 0 Å². The molecule has 0 saturated carbocycles. The zero-order valence-electron chi connectivity index (χ0n) is 13.5. The number of para-hydroxylation sites is 1. The zero-order chi connectivity index (χ0) is 17.1. The molecule has 126 valence electrons. The minimum absolute atomic E-state index is 0.585. The quantitative estimate of drug-likeness (QED) is 0.651. The summed E-state index contributed by atoms with van der Waals surface area (Å²) in [5.74, 6) is 3.54. The van der Waals surface area contributed by atoms with Crippen LogP contribution < -0.4 is 4.74 Å². The summed E-state index contributed by atoms with van der Waals surface area (Å²) in [6.45, 7) is 0. The first-order valence-corrected chi connectivity index (χ1v) is 9.68. The Kier molecular flexibility index (Phi) is 4.76. The van der Waals surface area contributed by atoms with Gasteiger partial charge < -0.3 is 9.26 Å². The van der Waals surface area contributed by atoms with Gasteiger partial charge in [-0.1, -0.05) is 46.9 Å². The standard InChI is InChI=1S/C18H15N3O2S2/c1-22-14-8-6-12(7-9-14)17-20-16(23-21-17)11-25-18-19-15-5-3-2-4-13(15)10-24-18/h2-9H,10-11H2,1H3. The number of rotatable bonds is 4. The Morgan fingerprint density at radius 3 is 2.84 bits per heavy atom. The van der Waals surface area contributed by atoms with Gasteiger partial charge in [0.25, 0.3) is 0 Å². The maximum absolute atomic E-state index is 5.36. The second kappa shape index (κ2) is 7.33. The first kappa shape index (κ1) is 16.2. The van der Waals surface area contributed by atoms with Crippen LogP contribution in [0.3, 0.4) is 0 Å².